The van der Waals surface area contributed by atoms with E-state index in [9.17, 15) is 5.11 Å². The first-order valence-electron chi connectivity index (χ1n) is 5.94. The van der Waals surface area contributed by atoms with Crippen LogP contribution in [0.15, 0.2) is 0 Å². The number of aliphatic hydroxyl groups is 1. The number of nitrogens with zero attached hydrogens (tertiary/aromatic N) is 1. The topological polar surface area (TPSA) is 45.1 Å². The highest BCUT2D eigenvalue weighted by Crippen LogP contribution is 2.39. The van der Waals surface area contributed by atoms with E-state index in [1.165, 1.54) is 45.7 Å². The summed E-state index contributed by atoms with van der Waals surface area (Å²) in [6.45, 7) is 0. The molecule has 2 heterocycles. The average molecular weight is 341 g/mol. The van der Waals surface area contributed by atoms with Crippen LogP contribution in [0.2, 0.25) is 0 Å². The lowest BCUT2D eigenvalue weighted by atomic mass is 10.1. The quantitative estimate of drug-likeness (QED) is 0.332. The number of aliphatic hydroxyl groups excluding tert-OH is 1. The molecule has 3 nitrogen and oxygen atoms in total. The first-order chi connectivity index (χ1) is 8.74. The van der Waals surface area contributed by atoms with E-state index in [1.54, 1.807) is 0 Å². The molecule has 1 aromatic heterocycles. The largest absolute Gasteiger partial charge is 0.374 e. The summed E-state index contributed by atoms with van der Waals surface area (Å²) >= 11 is 4.95. The molecule has 1 aliphatic heterocycles. The second-order valence-electron chi connectivity index (χ2n) is 4.12. The van der Waals surface area contributed by atoms with Crippen molar-refractivity contribution in [2.75, 3.05) is 11.1 Å². The molecule has 0 radical (unpaired) electrons. The predicted molar refractivity (Wildman–Crippen MR) is 87.4 cm³/mol. The Morgan fingerprint density at radius 1 is 1.44 bits per heavy atom. The molecule has 2 rings (SSSR count). The standard InChI is InChI=1S/C10H16N2OS5/c13-8(11-9-12-10(14)18-17-9)4-2-1-3-7-5-6-15-16-7/h7-8,13H,1-6H2,(H,11,12,14). The van der Waals surface area contributed by atoms with Gasteiger partial charge >= 0.3 is 0 Å². The third kappa shape index (κ3) is 5.34. The lowest BCUT2D eigenvalue weighted by Gasteiger charge is -2.12. The SMILES string of the molecule is OC(CCCCC1CCSS1)Nc1nc(=S)ss1. The number of aromatic nitrogens is 1. The minimum absolute atomic E-state index is 0.497. The van der Waals surface area contributed by atoms with Crippen molar-refractivity contribution < 1.29 is 5.11 Å². The van der Waals surface area contributed by atoms with E-state index in [4.69, 9.17) is 12.2 Å². The second kappa shape index (κ2) is 8.06. The van der Waals surface area contributed by atoms with Crippen molar-refractivity contribution in [3.63, 3.8) is 0 Å². The lowest BCUT2D eigenvalue weighted by Crippen LogP contribution is -2.18. The Kier molecular flexibility index (Phi) is 6.74. The van der Waals surface area contributed by atoms with E-state index < -0.39 is 6.23 Å². The van der Waals surface area contributed by atoms with E-state index in [0.717, 1.165) is 23.2 Å². The summed E-state index contributed by atoms with van der Waals surface area (Å²) < 4.78 is 0.630. The van der Waals surface area contributed by atoms with Gasteiger partial charge in [0.25, 0.3) is 0 Å². The Morgan fingerprint density at radius 2 is 2.33 bits per heavy atom. The van der Waals surface area contributed by atoms with Gasteiger partial charge in [0.05, 0.1) is 0 Å². The number of rotatable bonds is 7. The molecule has 1 saturated heterocycles. The summed E-state index contributed by atoms with van der Waals surface area (Å²) in [5.41, 5.74) is 0. The zero-order valence-corrected chi connectivity index (χ0v) is 13.9. The fraction of sp³-hybridized carbons (Fsp3) is 0.800. The third-order valence-corrected chi connectivity index (χ3v) is 8.20. The summed E-state index contributed by atoms with van der Waals surface area (Å²) in [5, 5.41) is 14.4. The predicted octanol–water partition coefficient (Wildman–Crippen LogP) is 4.38. The van der Waals surface area contributed by atoms with Crippen molar-refractivity contribution in [2.24, 2.45) is 0 Å². The van der Waals surface area contributed by atoms with Crippen LogP contribution < -0.4 is 5.32 Å². The molecule has 0 bridgehead atoms. The van der Waals surface area contributed by atoms with Gasteiger partial charge in [0, 0.05) is 11.0 Å². The number of hydrogen-bond acceptors (Lipinski definition) is 8. The summed E-state index contributed by atoms with van der Waals surface area (Å²) in [6.07, 6.45) is 5.16. The van der Waals surface area contributed by atoms with Crippen LogP contribution in [0, 0.1) is 3.95 Å². The lowest BCUT2D eigenvalue weighted by molar-refractivity contribution is 0.189. The number of nitrogens with one attached hydrogen (secondary N) is 1. The molecule has 18 heavy (non-hydrogen) atoms. The van der Waals surface area contributed by atoms with Crippen molar-refractivity contribution in [2.45, 2.75) is 43.6 Å². The van der Waals surface area contributed by atoms with Crippen LogP contribution in [-0.4, -0.2) is 27.3 Å². The molecule has 102 valence electrons. The molecule has 1 aromatic rings. The monoisotopic (exact) mass is 340 g/mol. The Hall–Kier alpha value is 0.660. The first-order valence-corrected chi connectivity index (χ1v) is 10.9. The Bertz CT molecular complexity index is 401. The molecule has 1 aliphatic rings. The molecular weight excluding hydrogens is 324 g/mol. The summed E-state index contributed by atoms with van der Waals surface area (Å²) in [5.74, 6) is 1.30. The van der Waals surface area contributed by atoms with Gasteiger partial charge in [-0.2, -0.15) is 4.98 Å². The van der Waals surface area contributed by atoms with Gasteiger partial charge in [-0.25, -0.2) is 0 Å². The van der Waals surface area contributed by atoms with Crippen molar-refractivity contribution in [3.05, 3.63) is 3.95 Å². The van der Waals surface area contributed by atoms with Crippen LogP contribution in [-0.2, 0) is 0 Å². The minimum Gasteiger partial charge on any atom is -0.374 e. The van der Waals surface area contributed by atoms with Crippen molar-refractivity contribution in [1.29, 1.82) is 0 Å². The smallest absolute Gasteiger partial charge is 0.196 e. The maximum Gasteiger partial charge on any atom is 0.196 e. The van der Waals surface area contributed by atoms with Gasteiger partial charge in [-0.3, -0.25) is 0 Å². The van der Waals surface area contributed by atoms with Crippen LogP contribution in [0.1, 0.15) is 32.1 Å². The molecule has 0 spiro atoms. The molecule has 2 N–H and O–H groups in total. The molecule has 8 heteroatoms. The van der Waals surface area contributed by atoms with Crippen LogP contribution >= 0.6 is 54.5 Å². The van der Waals surface area contributed by atoms with Gasteiger partial charge in [-0.15, -0.1) is 0 Å². The third-order valence-electron chi connectivity index (χ3n) is 2.66. The van der Waals surface area contributed by atoms with Gasteiger partial charge in [0.15, 0.2) is 9.09 Å². The fourth-order valence-corrected chi connectivity index (χ4v) is 6.69. The summed E-state index contributed by atoms with van der Waals surface area (Å²) in [6, 6.07) is 0. The molecule has 0 aromatic carbocycles. The van der Waals surface area contributed by atoms with E-state index in [1.807, 2.05) is 21.6 Å². The molecule has 0 aliphatic carbocycles. The Morgan fingerprint density at radius 3 is 3.00 bits per heavy atom. The molecule has 2 atom stereocenters. The van der Waals surface area contributed by atoms with E-state index in [0.29, 0.717) is 3.95 Å². The molecule has 2 unspecified atom stereocenters. The van der Waals surface area contributed by atoms with E-state index >= 15 is 0 Å². The van der Waals surface area contributed by atoms with Crippen molar-refractivity contribution in [3.8, 4) is 0 Å². The normalized spacial score (nSPS) is 21.1. The summed E-state index contributed by atoms with van der Waals surface area (Å²) in [7, 11) is 6.96. The van der Waals surface area contributed by atoms with Gasteiger partial charge < -0.3 is 10.4 Å². The maximum absolute atomic E-state index is 9.82. The van der Waals surface area contributed by atoms with Crippen molar-refractivity contribution in [1.82, 2.24) is 4.98 Å². The average Bonchev–Trinajstić information content (AvgIpc) is 2.96. The zero-order chi connectivity index (χ0) is 12.8. The molecule has 1 fully saturated rings. The van der Waals surface area contributed by atoms with E-state index in [-0.39, 0.29) is 0 Å². The van der Waals surface area contributed by atoms with Gasteiger partial charge in [-0.05, 0) is 58.6 Å². The summed E-state index contributed by atoms with van der Waals surface area (Å²) in [4.78, 5) is 4.12. The number of unbranched alkanes of at least 4 members (excludes halogenated alkanes) is 1. The molecule has 0 saturated carbocycles. The van der Waals surface area contributed by atoms with Gasteiger partial charge in [-0.1, -0.05) is 28.0 Å². The molecule has 0 amide bonds. The van der Waals surface area contributed by atoms with Crippen LogP contribution in [0.25, 0.3) is 0 Å². The number of anilines is 1. The highest BCUT2D eigenvalue weighted by atomic mass is 33.1. The fourth-order valence-electron chi connectivity index (χ4n) is 1.74. The highest BCUT2D eigenvalue weighted by Gasteiger charge is 2.16. The van der Waals surface area contributed by atoms with Crippen LogP contribution in [0.3, 0.4) is 0 Å². The molecular formula is C10H16N2OS5. The van der Waals surface area contributed by atoms with E-state index in [2.05, 4.69) is 10.3 Å². The van der Waals surface area contributed by atoms with Crippen LogP contribution in [0.5, 0.6) is 0 Å². The zero-order valence-electron chi connectivity index (χ0n) is 9.83. The first kappa shape index (κ1) is 15.1. The van der Waals surface area contributed by atoms with Crippen LogP contribution in [0.4, 0.5) is 5.13 Å². The Balaban J connectivity index is 1.56. The second-order valence-corrected chi connectivity index (χ2v) is 9.66. The number of hydrogen-bond donors (Lipinski definition) is 2. The highest BCUT2D eigenvalue weighted by molar-refractivity contribution is 8.77. The van der Waals surface area contributed by atoms with Crippen molar-refractivity contribution >= 4 is 59.6 Å². The van der Waals surface area contributed by atoms with Gasteiger partial charge in [0.1, 0.15) is 6.23 Å². The maximum atomic E-state index is 9.82. The van der Waals surface area contributed by atoms with Gasteiger partial charge in [0.2, 0.25) is 0 Å². The minimum atomic E-state index is -0.497. The Labute approximate surface area is 128 Å².